The van der Waals surface area contributed by atoms with Crippen LogP contribution in [0.5, 0.6) is 0 Å². The largest absolute Gasteiger partial charge is 0.342 e. The van der Waals surface area contributed by atoms with Crippen LogP contribution < -0.4 is 5.32 Å². The van der Waals surface area contributed by atoms with Crippen molar-refractivity contribution in [3.8, 4) is 0 Å². The number of fused-ring (bicyclic) bond motifs is 1. The van der Waals surface area contributed by atoms with E-state index < -0.39 is 0 Å². The number of benzene rings is 2. The van der Waals surface area contributed by atoms with Crippen molar-refractivity contribution < 1.29 is 9.59 Å². The molecule has 2 aromatic heterocycles. The summed E-state index contributed by atoms with van der Waals surface area (Å²) in [5, 5.41) is 4.90. The first-order valence-corrected chi connectivity index (χ1v) is 11.9. The molecular formula is C26H28N4O2S. The summed E-state index contributed by atoms with van der Waals surface area (Å²) in [6, 6.07) is 21.1. The van der Waals surface area contributed by atoms with Gasteiger partial charge in [-0.15, -0.1) is 11.3 Å². The highest BCUT2D eigenvalue weighted by molar-refractivity contribution is 7.12. The lowest BCUT2D eigenvalue weighted by molar-refractivity contribution is -0.134. The Morgan fingerprint density at radius 2 is 1.73 bits per heavy atom. The van der Waals surface area contributed by atoms with E-state index >= 15 is 0 Å². The third kappa shape index (κ3) is 5.14. The predicted molar refractivity (Wildman–Crippen MR) is 132 cm³/mol. The van der Waals surface area contributed by atoms with Crippen molar-refractivity contribution in [2.75, 3.05) is 0 Å². The summed E-state index contributed by atoms with van der Waals surface area (Å²) in [6.07, 6.45) is 0. The molecule has 0 bridgehead atoms. The van der Waals surface area contributed by atoms with E-state index in [1.807, 2.05) is 96.3 Å². The molecule has 7 heteroatoms. The highest BCUT2D eigenvalue weighted by atomic mass is 32.1. The van der Waals surface area contributed by atoms with Crippen LogP contribution in [0.15, 0.2) is 72.1 Å². The molecule has 0 aliphatic heterocycles. The minimum Gasteiger partial charge on any atom is -0.342 e. The normalized spacial score (nSPS) is 12.1. The standard InChI is InChI=1S/C26H28N4O2S/c1-18(2)29(16-20-10-5-4-6-11-20)24(31)17-30-22-13-8-7-12-21(22)28-25(30)19(3)27-26(32)23-14-9-15-33-23/h4-15,18-19H,16-17H2,1-3H3,(H,27,32). The van der Waals surface area contributed by atoms with E-state index in [1.165, 1.54) is 11.3 Å². The number of aromatic nitrogens is 2. The van der Waals surface area contributed by atoms with E-state index in [2.05, 4.69) is 5.32 Å². The van der Waals surface area contributed by atoms with Gasteiger partial charge in [0.1, 0.15) is 12.4 Å². The summed E-state index contributed by atoms with van der Waals surface area (Å²) < 4.78 is 1.93. The van der Waals surface area contributed by atoms with Crippen LogP contribution in [0.4, 0.5) is 0 Å². The monoisotopic (exact) mass is 460 g/mol. The molecule has 0 radical (unpaired) electrons. The van der Waals surface area contributed by atoms with Crippen LogP contribution in [0, 0.1) is 0 Å². The van der Waals surface area contributed by atoms with Gasteiger partial charge in [-0.2, -0.15) is 0 Å². The number of imidazole rings is 1. The summed E-state index contributed by atoms with van der Waals surface area (Å²) >= 11 is 1.40. The second-order valence-corrected chi connectivity index (χ2v) is 9.27. The van der Waals surface area contributed by atoms with Gasteiger partial charge in [-0.05, 0) is 49.9 Å². The topological polar surface area (TPSA) is 67.2 Å². The fourth-order valence-electron chi connectivity index (χ4n) is 3.90. The summed E-state index contributed by atoms with van der Waals surface area (Å²) in [5.74, 6) is 0.531. The van der Waals surface area contributed by atoms with Crippen LogP contribution in [0.3, 0.4) is 0 Å². The summed E-state index contributed by atoms with van der Waals surface area (Å²) in [7, 11) is 0. The Labute approximate surface area is 197 Å². The quantitative estimate of drug-likeness (QED) is 0.401. The molecule has 4 rings (SSSR count). The molecule has 2 aromatic carbocycles. The minimum atomic E-state index is -0.360. The molecule has 0 aliphatic rings. The first-order valence-electron chi connectivity index (χ1n) is 11.1. The second kappa shape index (κ2) is 10.0. The van der Waals surface area contributed by atoms with Crippen molar-refractivity contribution in [2.45, 2.75) is 45.9 Å². The lowest BCUT2D eigenvalue weighted by atomic mass is 10.2. The molecule has 33 heavy (non-hydrogen) atoms. The Morgan fingerprint density at radius 3 is 2.42 bits per heavy atom. The van der Waals surface area contributed by atoms with Crippen LogP contribution in [0.1, 0.15) is 47.9 Å². The summed E-state index contributed by atoms with van der Waals surface area (Å²) in [6.45, 7) is 6.65. The van der Waals surface area contributed by atoms with Crippen molar-refractivity contribution in [1.29, 1.82) is 0 Å². The Bertz CT molecular complexity index is 1230. The first-order chi connectivity index (χ1) is 15.9. The number of carbonyl (C=O) groups is 2. The molecule has 1 N–H and O–H groups in total. The minimum absolute atomic E-state index is 0.00930. The lowest BCUT2D eigenvalue weighted by Gasteiger charge is -2.28. The third-order valence-electron chi connectivity index (χ3n) is 5.60. The molecule has 1 atom stereocenters. The van der Waals surface area contributed by atoms with E-state index in [1.54, 1.807) is 6.07 Å². The number of rotatable bonds is 8. The molecule has 0 spiro atoms. The zero-order chi connectivity index (χ0) is 23.4. The van der Waals surface area contributed by atoms with Gasteiger partial charge in [0.2, 0.25) is 5.91 Å². The zero-order valence-electron chi connectivity index (χ0n) is 19.1. The SMILES string of the molecule is CC(NC(=O)c1cccs1)c1nc2ccccc2n1CC(=O)N(Cc1ccccc1)C(C)C. The second-order valence-electron chi connectivity index (χ2n) is 8.32. The molecule has 4 aromatic rings. The van der Waals surface area contributed by atoms with Gasteiger partial charge in [-0.1, -0.05) is 48.5 Å². The molecule has 0 aliphatic carbocycles. The Kier molecular flexibility index (Phi) is 6.89. The fourth-order valence-corrected chi connectivity index (χ4v) is 4.52. The highest BCUT2D eigenvalue weighted by Crippen LogP contribution is 2.22. The Balaban J connectivity index is 1.62. The van der Waals surface area contributed by atoms with Gasteiger partial charge in [-0.3, -0.25) is 9.59 Å². The van der Waals surface area contributed by atoms with Crippen molar-refractivity contribution in [1.82, 2.24) is 19.8 Å². The fraction of sp³-hybridized carbons (Fsp3) is 0.269. The summed E-state index contributed by atoms with van der Waals surface area (Å²) in [5.41, 5.74) is 2.77. The van der Waals surface area contributed by atoms with Gasteiger partial charge in [0.15, 0.2) is 0 Å². The Morgan fingerprint density at radius 1 is 1.00 bits per heavy atom. The molecule has 0 saturated heterocycles. The number of carbonyl (C=O) groups excluding carboxylic acids is 2. The average molecular weight is 461 g/mol. The van der Waals surface area contributed by atoms with Gasteiger partial charge in [0.05, 0.1) is 22.0 Å². The van der Waals surface area contributed by atoms with Crippen LogP contribution >= 0.6 is 11.3 Å². The smallest absolute Gasteiger partial charge is 0.261 e. The number of amides is 2. The van der Waals surface area contributed by atoms with Crippen LogP contribution in [0.2, 0.25) is 0 Å². The molecule has 0 saturated carbocycles. The number of hydrogen-bond acceptors (Lipinski definition) is 4. The van der Waals surface area contributed by atoms with Crippen molar-refractivity contribution in [3.63, 3.8) is 0 Å². The zero-order valence-corrected chi connectivity index (χ0v) is 19.9. The van der Waals surface area contributed by atoms with E-state index in [9.17, 15) is 9.59 Å². The molecular weight excluding hydrogens is 432 g/mol. The average Bonchev–Trinajstić information content (AvgIpc) is 3.47. The maximum Gasteiger partial charge on any atom is 0.261 e. The maximum atomic E-state index is 13.5. The van der Waals surface area contributed by atoms with Gasteiger partial charge in [0, 0.05) is 12.6 Å². The third-order valence-corrected chi connectivity index (χ3v) is 6.47. The van der Waals surface area contributed by atoms with E-state index in [-0.39, 0.29) is 30.4 Å². The van der Waals surface area contributed by atoms with Gasteiger partial charge < -0.3 is 14.8 Å². The van der Waals surface area contributed by atoms with Crippen molar-refractivity contribution in [2.24, 2.45) is 0 Å². The van der Waals surface area contributed by atoms with E-state index in [0.717, 1.165) is 16.6 Å². The van der Waals surface area contributed by atoms with Gasteiger partial charge >= 0.3 is 0 Å². The maximum absolute atomic E-state index is 13.5. The summed E-state index contributed by atoms with van der Waals surface area (Å²) in [4.78, 5) is 33.4. The molecule has 170 valence electrons. The van der Waals surface area contributed by atoms with E-state index in [0.29, 0.717) is 17.2 Å². The number of nitrogens with zero attached hydrogens (tertiary/aromatic N) is 3. The van der Waals surface area contributed by atoms with Crippen LogP contribution in [-0.2, 0) is 17.9 Å². The lowest BCUT2D eigenvalue weighted by Crippen LogP contribution is -2.39. The molecule has 0 fully saturated rings. The van der Waals surface area contributed by atoms with Crippen LogP contribution in [0.25, 0.3) is 11.0 Å². The molecule has 1 unspecified atom stereocenters. The molecule has 2 heterocycles. The van der Waals surface area contributed by atoms with Gasteiger partial charge in [-0.25, -0.2) is 4.98 Å². The number of hydrogen-bond donors (Lipinski definition) is 1. The van der Waals surface area contributed by atoms with Crippen molar-refractivity contribution in [3.05, 3.63) is 88.4 Å². The van der Waals surface area contributed by atoms with Crippen molar-refractivity contribution >= 4 is 34.2 Å². The molecule has 6 nitrogen and oxygen atoms in total. The Hall–Kier alpha value is -3.45. The molecule has 2 amide bonds. The van der Waals surface area contributed by atoms with Crippen LogP contribution in [-0.4, -0.2) is 32.3 Å². The number of nitrogens with one attached hydrogen (secondary N) is 1. The number of thiophene rings is 1. The predicted octanol–water partition coefficient (Wildman–Crippen LogP) is 5.03. The first kappa shape index (κ1) is 22.7. The number of para-hydroxylation sites is 2. The van der Waals surface area contributed by atoms with E-state index in [4.69, 9.17) is 4.98 Å². The van der Waals surface area contributed by atoms with Gasteiger partial charge in [0.25, 0.3) is 5.91 Å². The highest BCUT2D eigenvalue weighted by Gasteiger charge is 2.24.